The molecule has 0 spiro atoms. The average Bonchev–Trinajstić information content (AvgIpc) is 2.91. The second-order valence-electron chi connectivity index (χ2n) is 5.94. The fourth-order valence-corrected chi connectivity index (χ4v) is 2.86. The molecule has 3 N–H and O–H groups in total. The molecule has 0 saturated heterocycles. The summed E-state index contributed by atoms with van der Waals surface area (Å²) < 4.78 is 5.11. The van der Waals surface area contributed by atoms with Crippen LogP contribution in [0.15, 0.2) is 47.0 Å². The van der Waals surface area contributed by atoms with Gasteiger partial charge in [0.15, 0.2) is 0 Å². The van der Waals surface area contributed by atoms with Crippen molar-refractivity contribution in [1.29, 1.82) is 0 Å². The van der Waals surface area contributed by atoms with Gasteiger partial charge in [0, 0.05) is 12.1 Å². The molecule has 3 aromatic rings. The number of hydrogen-bond acceptors (Lipinski definition) is 4. The van der Waals surface area contributed by atoms with Gasteiger partial charge in [-0.1, -0.05) is 41.6 Å². The monoisotopic (exact) mass is 323 g/mol. The Morgan fingerprint density at radius 2 is 1.96 bits per heavy atom. The predicted molar refractivity (Wildman–Crippen MR) is 93.6 cm³/mol. The number of amides is 1. The molecule has 24 heavy (non-hydrogen) atoms. The quantitative estimate of drug-likeness (QED) is 0.756. The van der Waals surface area contributed by atoms with Crippen molar-refractivity contribution in [3.63, 3.8) is 0 Å². The maximum Gasteiger partial charge on any atom is 0.225 e. The van der Waals surface area contributed by atoms with E-state index in [9.17, 15) is 4.79 Å². The first-order valence-corrected chi connectivity index (χ1v) is 7.98. The first kappa shape index (κ1) is 16.2. The van der Waals surface area contributed by atoms with Crippen LogP contribution in [0.4, 0.5) is 0 Å². The van der Waals surface area contributed by atoms with Crippen LogP contribution in [0.1, 0.15) is 28.6 Å². The molecule has 1 amide bonds. The first-order valence-electron chi connectivity index (χ1n) is 7.98. The number of carbonyl (C=O) groups is 1. The minimum absolute atomic E-state index is 0.0898. The summed E-state index contributed by atoms with van der Waals surface area (Å²) in [6.45, 7) is 3.99. The number of nitrogens with two attached hydrogens (primary N) is 1. The molecule has 3 rings (SSSR count). The Kier molecular flexibility index (Phi) is 4.62. The zero-order chi connectivity index (χ0) is 17.1. The second kappa shape index (κ2) is 6.84. The van der Waals surface area contributed by atoms with Crippen molar-refractivity contribution in [2.75, 3.05) is 6.54 Å². The summed E-state index contributed by atoms with van der Waals surface area (Å²) in [6.07, 6.45) is 0.241. The minimum atomic E-state index is -0.220. The van der Waals surface area contributed by atoms with E-state index in [4.69, 9.17) is 10.3 Å². The molecule has 1 aromatic heterocycles. The highest BCUT2D eigenvalue weighted by Gasteiger charge is 2.17. The van der Waals surface area contributed by atoms with Crippen LogP contribution in [-0.4, -0.2) is 17.6 Å². The number of fused-ring (bicyclic) bond motifs is 1. The fraction of sp³-hybridized carbons (Fsp3) is 0.263. The zero-order valence-corrected chi connectivity index (χ0v) is 13.9. The summed E-state index contributed by atoms with van der Waals surface area (Å²) >= 11 is 0. The van der Waals surface area contributed by atoms with Crippen molar-refractivity contribution in [2.45, 2.75) is 26.3 Å². The van der Waals surface area contributed by atoms with Gasteiger partial charge in [0.05, 0.1) is 18.2 Å². The Bertz CT molecular complexity index is 850. The molecule has 5 heteroatoms. The number of aromatic nitrogens is 1. The van der Waals surface area contributed by atoms with E-state index in [1.807, 2.05) is 38.1 Å². The largest absolute Gasteiger partial charge is 0.361 e. The molecule has 1 atom stereocenters. The predicted octanol–water partition coefficient (Wildman–Crippen LogP) is 2.80. The number of rotatable bonds is 5. The molecule has 0 aliphatic carbocycles. The SMILES string of the molecule is Cc1noc(C)c1CC(=O)NC(CN)c1ccc2ccccc2c1. The van der Waals surface area contributed by atoms with E-state index in [0.717, 1.165) is 22.2 Å². The van der Waals surface area contributed by atoms with Crippen molar-refractivity contribution >= 4 is 16.7 Å². The Labute approximate surface area is 140 Å². The third kappa shape index (κ3) is 3.31. The summed E-state index contributed by atoms with van der Waals surface area (Å²) in [5, 5.41) is 9.19. The van der Waals surface area contributed by atoms with Gasteiger partial charge >= 0.3 is 0 Å². The molecule has 124 valence electrons. The maximum atomic E-state index is 12.4. The highest BCUT2D eigenvalue weighted by atomic mass is 16.5. The van der Waals surface area contributed by atoms with Crippen molar-refractivity contribution in [2.24, 2.45) is 5.73 Å². The number of benzene rings is 2. The molecule has 0 bridgehead atoms. The molecule has 1 heterocycles. The molecule has 0 saturated carbocycles. The van der Waals surface area contributed by atoms with Gasteiger partial charge in [-0.2, -0.15) is 0 Å². The zero-order valence-electron chi connectivity index (χ0n) is 13.9. The van der Waals surface area contributed by atoms with E-state index in [0.29, 0.717) is 12.3 Å². The van der Waals surface area contributed by atoms with Gasteiger partial charge in [-0.15, -0.1) is 0 Å². The topological polar surface area (TPSA) is 81.2 Å². The van der Waals surface area contributed by atoms with Crippen molar-refractivity contribution in [1.82, 2.24) is 10.5 Å². The summed E-state index contributed by atoms with van der Waals surface area (Å²) in [7, 11) is 0. The van der Waals surface area contributed by atoms with Crippen LogP contribution in [0, 0.1) is 13.8 Å². The standard InChI is InChI=1S/C19H21N3O2/c1-12-17(13(2)24-22-12)10-19(23)21-18(11-20)16-8-7-14-5-3-4-6-15(14)9-16/h3-9,18H,10-11,20H2,1-2H3,(H,21,23). The molecule has 0 fully saturated rings. The lowest BCUT2D eigenvalue weighted by atomic mass is 10.0. The van der Waals surface area contributed by atoms with Crippen molar-refractivity contribution in [3.05, 3.63) is 65.0 Å². The number of aryl methyl sites for hydroxylation is 2. The van der Waals surface area contributed by atoms with E-state index in [2.05, 4.69) is 28.7 Å². The summed E-state index contributed by atoms with van der Waals surface area (Å²) in [4.78, 5) is 12.4. The van der Waals surface area contributed by atoms with Crippen LogP contribution in [0.5, 0.6) is 0 Å². The van der Waals surface area contributed by atoms with Gasteiger partial charge < -0.3 is 15.6 Å². The van der Waals surface area contributed by atoms with Gasteiger partial charge in [0.1, 0.15) is 5.76 Å². The maximum absolute atomic E-state index is 12.4. The Balaban J connectivity index is 1.76. The van der Waals surface area contributed by atoms with Crippen molar-refractivity contribution < 1.29 is 9.32 Å². The molecule has 1 unspecified atom stereocenters. The van der Waals surface area contributed by atoms with Gasteiger partial charge in [-0.3, -0.25) is 4.79 Å². The molecular formula is C19H21N3O2. The van der Waals surface area contributed by atoms with E-state index >= 15 is 0 Å². The molecule has 5 nitrogen and oxygen atoms in total. The van der Waals surface area contributed by atoms with Crippen LogP contribution in [-0.2, 0) is 11.2 Å². The summed E-state index contributed by atoms with van der Waals surface area (Å²) in [6, 6.07) is 14.0. The molecule has 0 aliphatic heterocycles. The van der Waals surface area contributed by atoms with Gasteiger partial charge in [0.2, 0.25) is 5.91 Å². The third-order valence-corrected chi connectivity index (χ3v) is 4.27. The second-order valence-corrected chi connectivity index (χ2v) is 5.94. The third-order valence-electron chi connectivity index (χ3n) is 4.27. The highest BCUT2D eigenvalue weighted by molar-refractivity contribution is 5.84. The van der Waals surface area contributed by atoms with E-state index in [1.165, 1.54) is 5.39 Å². The molecular weight excluding hydrogens is 302 g/mol. The molecule has 0 radical (unpaired) electrons. The normalized spacial score (nSPS) is 12.3. The lowest BCUT2D eigenvalue weighted by Gasteiger charge is -2.18. The number of nitrogens with zero attached hydrogens (tertiary/aromatic N) is 1. The Morgan fingerprint density at radius 1 is 1.21 bits per heavy atom. The first-order chi connectivity index (χ1) is 11.6. The molecule has 2 aromatic carbocycles. The van der Waals surface area contributed by atoms with Crippen LogP contribution in [0.2, 0.25) is 0 Å². The smallest absolute Gasteiger partial charge is 0.225 e. The average molecular weight is 323 g/mol. The fourth-order valence-electron chi connectivity index (χ4n) is 2.86. The summed E-state index contributed by atoms with van der Waals surface area (Å²) in [5.74, 6) is 0.589. The van der Waals surface area contributed by atoms with Crippen LogP contribution < -0.4 is 11.1 Å². The Morgan fingerprint density at radius 3 is 2.62 bits per heavy atom. The molecule has 0 aliphatic rings. The minimum Gasteiger partial charge on any atom is -0.361 e. The number of nitrogens with one attached hydrogen (secondary N) is 1. The van der Waals surface area contributed by atoms with Gasteiger partial charge in [-0.05, 0) is 36.2 Å². The van der Waals surface area contributed by atoms with Crippen LogP contribution in [0.25, 0.3) is 10.8 Å². The van der Waals surface area contributed by atoms with Gasteiger partial charge in [-0.25, -0.2) is 0 Å². The number of carbonyl (C=O) groups excluding carboxylic acids is 1. The number of hydrogen-bond donors (Lipinski definition) is 2. The van der Waals surface area contributed by atoms with Crippen molar-refractivity contribution in [3.8, 4) is 0 Å². The van der Waals surface area contributed by atoms with Gasteiger partial charge in [0.25, 0.3) is 0 Å². The lowest BCUT2D eigenvalue weighted by molar-refractivity contribution is -0.121. The van der Waals surface area contributed by atoms with E-state index in [1.54, 1.807) is 0 Å². The summed E-state index contributed by atoms with van der Waals surface area (Å²) in [5.41, 5.74) is 8.47. The van der Waals surface area contributed by atoms with Crippen LogP contribution >= 0.6 is 0 Å². The van der Waals surface area contributed by atoms with E-state index in [-0.39, 0.29) is 18.4 Å². The van der Waals surface area contributed by atoms with E-state index < -0.39 is 0 Å². The van der Waals surface area contributed by atoms with Crippen LogP contribution in [0.3, 0.4) is 0 Å². The Hall–Kier alpha value is -2.66. The highest BCUT2D eigenvalue weighted by Crippen LogP contribution is 2.20. The lowest BCUT2D eigenvalue weighted by Crippen LogP contribution is -2.34.